The molecule has 0 unspecified atom stereocenters. The van der Waals surface area contributed by atoms with Gasteiger partial charge in [-0.15, -0.1) is 0 Å². The summed E-state index contributed by atoms with van der Waals surface area (Å²) in [5.74, 6) is -0.541. The van der Waals surface area contributed by atoms with Gasteiger partial charge in [-0.3, -0.25) is 0 Å². The fourth-order valence-electron chi connectivity index (χ4n) is 5.71. The van der Waals surface area contributed by atoms with Crippen molar-refractivity contribution in [3.05, 3.63) is 106 Å². The van der Waals surface area contributed by atoms with Gasteiger partial charge < -0.3 is 14.9 Å². The molecule has 0 atom stereocenters. The Morgan fingerprint density at radius 2 is 1.35 bits per heavy atom. The van der Waals surface area contributed by atoms with E-state index in [2.05, 4.69) is 56.8 Å². The maximum atomic E-state index is 15.4. The first-order valence-corrected chi connectivity index (χ1v) is 15.8. The summed E-state index contributed by atoms with van der Waals surface area (Å²) in [5.41, 5.74) is 7.29. The molecule has 0 saturated carbocycles. The van der Waals surface area contributed by atoms with E-state index in [0.717, 1.165) is 80.9 Å². The lowest BCUT2D eigenvalue weighted by molar-refractivity contribution is -0.139. The SMILES string of the molecule is C=C(C)C(=O)OCCCc1ccc(CCc2ccc(-c3ccc(CCCC(CO)(CO)CCC)cc3CC)c(F)c2)cc1. The minimum atomic E-state index is -0.402. The standard InChI is InChI=1S/C38H49FO4/c1-5-21-38(26-40,27-41)22-7-9-31-17-19-34(33(6-2)24-31)35-20-18-32(25-36(35)39)16-15-30-13-11-29(12-14-30)10-8-23-43-37(42)28(3)4/h11-14,17-20,24-25,40-41H,3,5-10,15-16,21-23,26-27H2,1-2,4H3. The molecule has 0 aliphatic heterocycles. The van der Waals surface area contributed by atoms with Crippen molar-refractivity contribution < 1.29 is 24.1 Å². The Labute approximate surface area is 257 Å². The number of benzene rings is 3. The smallest absolute Gasteiger partial charge is 0.333 e. The third-order valence-corrected chi connectivity index (χ3v) is 8.41. The van der Waals surface area contributed by atoms with Crippen LogP contribution < -0.4 is 0 Å². The number of aliphatic hydroxyl groups is 2. The zero-order valence-electron chi connectivity index (χ0n) is 26.3. The minimum absolute atomic E-state index is 0.00974. The molecule has 3 aromatic carbocycles. The molecule has 0 fully saturated rings. The predicted molar refractivity (Wildman–Crippen MR) is 174 cm³/mol. The molecule has 3 rings (SSSR count). The predicted octanol–water partition coefficient (Wildman–Crippen LogP) is 7.99. The van der Waals surface area contributed by atoms with Crippen molar-refractivity contribution in [1.29, 1.82) is 0 Å². The molecule has 2 N–H and O–H groups in total. The molecule has 0 heterocycles. The Morgan fingerprint density at radius 3 is 1.93 bits per heavy atom. The summed E-state index contributed by atoms with van der Waals surface area (Å²) in [6, 6.07) is 20.4. The number of aliphatic hydroxyl groups excluding tert-OH is 2. The van der Waals surface area contributed by atoms with E-state index < -0.39 is 5.41 Å². The van der Waals surface area contributed by atoms with Crippen LogP contribution in [0.15, 0.2) is 72.8 Å². The first-order chi connectivity index (χ1) is 20.7. The molecule has 0 spiro atoms. The summed E-state index contributed by atoms with van der Waals surface area (Å²) in [7, 11) is 0. The van der Waals surface area contributed by atoms with Gasteiger partial charge in [-0.25, -0.2) is 9.18 Å². The van der Waals surface area contributed by atoms with Gasteiger partial charge in [-0.1, -0.05) is 81.4 Å². The molecule has 0 amide bonds. The topological polar surface area (TPSA) is 66.8 Å². The highest BCUT2D eigenvalue weighted by Gasteiger charge is 2.27. The van der Waals surface area contributed by atoms with Crippen LogP contribution >= 0.6 is 0 Å². The Kier molecular flexibility index (Phi) is 13.6. The molecular formula is C38H49FO4. The normalized spacial score (nSPS) is 11.5. The van der Waals surface area contributed by atoms with Gasteiger partial charge in [0.05, 0.1) is 19.8 Å². The van der Waals surface area contributed by atoms with E-state index in [0.29, 0.717) is 17.7 Å². The van der Waals surface area contributed by atoms with Crippen LogP contribution in [0.25, 0.3) is 11.1 Å². The highest BCUT2D eigenvalue weighted by atomic mass is 19.1. The Morgan fingerprint density at radius 1 is 0.791 bits per heavy atom. The lowest BCUT2D eigenvalue weighted by atomic mass is 9.80. The molecule has 43 heavy (non-hydrogen) atoms. The van der Waals surface area contributed by atoms with Crippen LogP contribution in [0, 0.1) is 11.2 Å². The monoisotopic (exact) mass is 588 g/mol. The fraction of sp³-hybridized carbons (Fsp3) is 0.447. The van der Waals surface area contributed by atoms with Crippen LogP contribution in [0.5, 0.6) is 0 Å². The number of esters is 1. The highest BCUT2D eigenvalue weighted by molar-refractivity contribution is 5.86. The van der Waals surface area contributed by atoms with Gasteiger partial charge >= 0.3 is 5.97 Å². The van der Waals surface area contributed by atoms with Gasteiger partial charge in [-0.05, 0) is 104 Å². The molecule has 3 aromatic rings. The van der Waals surface area contributed by atoms with Crippen molar-refractivity contribution in [2.45, 2.75) is 85.0 Å². The third kappa shape index (κ3) is 10.1. The van der Waals surface area contributed by atoms with E-state index in [4.69, 9.17) is 4.74 Å². The van der Waals surface area contributed by atoms with Gasteiger partial charge in [0.1, 0.15) is 5.82 Å². The quantitative estimate of drug-likeness (QED) is 0.0898. The van der Waals surface area contributed by atoms with E-state index in [1.54, 1.807) is 13.0 Å². The number of halogens is 1. The van der Waals surface area contributed by atoms with Gasteiger partial charge in [0.2, 0.25) is 0 Å². The Bertz CT molecular complexity index is 1320. The second kappa shape index (κ2) is 17.1. The lowest BCUT2D eigenvalue weighted by Gasteiger charge is -2.29. The molecule has 0 bridgehead atoms. The van der Waals surface area contributed by atoms with Crippen molar-refractivity contribution in [3.8, 4) is 11.1 Å². The molecule has 4 nitrogen and oxygen atoms in total. The number of rotatable bonds is 18. The van der Waals surface area contributed by atoms with Crippen LogP contribution in [-0.2, 0) is 41.6 Å². The maximum Gasteiger partial charge on any atom is 0.333 e. The summed E-state index contributed by atoms with van der Waals surface area (Å²) in [5, 5.41) is 19.7. The molecule has 0 saturated heterocycles. The van der Waals surface area contributed by atoms with Crippen LogP contribution in [0.1, 0.15) is 80.7 Å². The molecule has 0 aliphatic rings. The summed E-state index contributed by atoms with van der Waals surface area (Å²) >= 11 is 0. The van der Waals surface area contributed by atoms with E-state index >= 15 is 4.39 Å². The number of carbonyl (C=O) groups is 1. The molecular weight excluding hydrogens is 539 g/mol. The fourth-order valence-corrected chi connectivity index (χ4v) is 5.71. The lowest BCUT2D eigenvalue weighted by Crippen LogP contribution is -2.29. The van der Waals surface area contributed by atoms with Gasteiger partial charge in [-0.2, -0.15) is 0 Å². The molecule has 0 radical (unpaired) electrons. The highest BCUT2D eigenvalue weighted by Crippen LogP contribution is 2.32. The summed E-state index contributed by atoms with van der Waals surface area (Å²) < 4.78 is 20.5. The van der Waals surface area contributed by atoms with Crippen molar-refractivity contribution >= 4 is 5.97 Å². The van der Waals surface area contributed by atoms with Gasteiger partial charge in [0.25, 0.3) is 0 Å². The second-order valence-corrected chi connectivity index (χ2v) is 11.9. The molecule has 232 valence electrons. The van der Waals surface area contributed by atoms with Crippen LogP contribution in [-0.4, -0.2) is 36.0 Å². The van der Waals surface area contributed by atoms with Crippen LogP contribution in [0.2, 0.25) is 0 Å². The first kappa shape index (κ1) is 34.2. The van der Waals surface area contributed by atoms with E-state index in [9.17, 15) is 15.0 Å². The number of carbonyl (C=O) groups excluding carboxylic acids is 1. The largest absolute Gasteiger partial charge is 0.462 e. The van der Waals surface area contributed by atoms with Gasteiger partial charge in [0, 0.05) is 16.6 Å². The summed E-state index contributed by atoms with van der Waals surface area (Å²) in [6.45, 7) is 9.82. The number of hydrogen-bond donors (Lipinski definition) is 2. The zero-order valence-corrected chi connectivity index (χ0v) is 26.3. The average molecular weight is 589 g/mol. The van der Waals surface area contributed by atoms with Crippen molar-refractivity contribution in [2.75, 3.05) is 19.8 Å². The van der Waals surface area contributed by atoms with E-state index in [-0.39, 0.29) is 25.0 Å². The minimum Gasteiger partial charge on any atom is -0.462 e. The van der Waals surface area contributed by atoms with Gasteiger partial charge in [0.15, 0.2) is 0 Å². The molecule has 0 aromatic heterocycles. The van der Waals surface area contributed by atoms with Crippen LogP contribution in [0.3, 0.4) is 0 Å². The second-order valence-electron chi connectivity index (χ2n) is 11.9. The maximum absolute atomic E-state index is 15.4. The van der Waals surface area contributed by atoms with E-state index in [1.807, 2.05) is 18.2 Å². The number of aryl methyl sites for hydroxylation is 5. The number of hydrogen-bond acceptors (Lipinski definition) is 4. The first-order valence-electron chi connectivity index (χ1n) is 15.8. The third-order valence-electron chi connectivity index (χ3n) is 8.41. The number of ether oxygens (including phenoxy) is 1. The Hall–Kier alpha value is -3.28. The molecule has 0 aliphatic carbocycles. The van der Waals surface area contributed by atoms with Crippen molar-refractivity contribution in [1.82, 2.24) is 0 Å². The van der Waals surface area contributed by atoms with E-state index in [1.165, 1.54) is 16.7 Å². The van der Waals surface area contributed by atoms with Crippen molar-refractivity contribution in [3.63, 3.8) is 0 Å². The summed E-state index contributed by atoms with van der Waals surface area (Å²) in [6.07, 6.45) is 8.30. The van der Waals surface area contributed by atoms with Crippen molar-refractivity contribution in [2.24, 2.45) is 5.41 Å². The molecule has 5 heteroatoms. The zero-order chi connectivity index (χ0) is 31.2. The van der Waals surface area contributed by atoms with Crippen LogP contribution in [0.4, 0.5) is 4.39 Å². The Balaban J connectivity index is 1.56. The summed E-state index contributed by atoms with van der Waals surface area (Å²) in [4.78, 5) is 11.5. The average Bonchev–Trinajstić information content (AvgIpc) is 3.02.